The van der Waals surface area contributed by atoms with Crippen molar-refractivity contribution in [2.75, 3.05) is 19.6 Å². The van der Waals surface area contributed by atoms with Crippen LogP contribution in [0.25, 0.3) is 0 Å². The quantitative estimate of drug-likeness (QED) is 0.527. The van der Waals surface area contributed by atoms with Crippen LogP contribution >= 0.6 is 0 Å². The molecule has 0 unspecified atom stereocenters. The number of rotatable bonds is 2. The van der Waals surface area contributed by atoms with Crippen molar-refractivity contribution in [1.82, 2.24) is 5.32 Å². The van der Waals surface area contributed by atoms with E-state index < -0.39 is 0 Å². The lowest BCUT2D eigenvalue weighted by Crippen LogP contribution is -2.15. The maximum atomic E-state index is 3.18. The fourth-order valence-corrected chi connectivity index (χ4v) is 1.08. The van der Waals surface area contributed by atoms with Gasteiger partial charge in [-0.1, -0.05) is 13.8 Å². The van der Waals surface area contributed by atoms with Crippen LogP contribution < -0.4 is 5.32 Å². The van der Waals surface area contributed by atoms with Crippen molar-refractivity contribution in [3.63, 3.8) is 0 Å². The molecule has 2 heteroatoms. The Morgan fingerprint density at radius 1 is 1.67 bits per heavy atom. The van der Waals surface area contributed by atoms with Gasteiger partial charge in [-0.15, -0.1) is 0 Å². The molecular weight excluding hydrogens is 112 g/mol. The molecule has 2 nitrogen and oxygen atoms in total. The average molecular weight is 127 g/mol. The standard InChI is InChI=1S/C7H14N2/c1-7(2)5-9-4-3-8-6-9/h6-7H,3-5H2,1-2H3/p+1. The Morgan fingerprint density at radius 3 is 2.89 bits per heavy atom. The van der Waals surface area contributed by atoms with Gasteiger partial charge in [0, 0.05) is 0 Å². The second kappa shape index (κ2) is 2.85. The van der Waals surface area contributed by atoms with E-state index in [2.05, 4.69) is 30.1 Å². The molecule has 1 aliphatic rings. The van der Waals surface area contributed by atoms with Crippen LogP contribution in [0.5, 0.6) is 0 Å². The fraction of sp³-hybridized carbons (Fsp3) is 0.857. The number of nitrogens with zero attached hydrogens (tertiary/aromatic N) is 1. The summed E-state index contributed by atoms with van der Waals surface area (Å²) in [5, 5.41) is 3.18. The second-order valence-corrected chi connectivity index (χ2v) is 2.97. The summed E-state index contributed by atoms with van der Waals surface area (Å²) in [6.45, 7) is 7.97. The van der Waals surface area contributed by atoms with E-state index in [0.717, 1.165) is 12.5 Å². The van der Waals surface area contributed by atoms with Crippen molar-refractivity contribution >= 4 is 6.34 Å². The summed E-state index contributed by atoms with van der Waals surface area (Å²) in [7, 11) is 0. The van der Waals surface area contributed by atoms with Gasteiger partial charge < -0.3 is 0 Å². The van der Waals surface area contributed by atoms with Crippen molar-refractivity contribution in [3.05, 3.63) is 0 Å². The highest BCUT2D eigenvalue weighted by Gasteiger charge is 2.08. The zero-order chi connectivity index (χ0) is 6.69. The van der Waals surface area contributed by atoms with Gasteiger partial charge in [-0.05, 0) is 5.92 Å². The highest BCUT2D eigenvalue weighted by Crippen LogP contribution is 1.92. The van der Waals surface area contributed by atoms with E-state index >= 15 is 0 Å². The lowest BCUT2D eigenvalue weighted by atomic mass is 10.2. The molecule has 1 heterocycles. The summed E-state index contributed by atoms with van der Waals surface area (Å²) >= 11 is 0. The van der Waals surface area contributed by atoms with E-state index in [4.69, 9.17) is 0 Å². The van der Waals surface area contributed by atoms with Crippen LogP contribution in [0.15, 0.2) is 0 Å². The largest absolute Gasteiger partial charge is 0.277 e. The summed E-state index contributed by atoms with van der Waals surface area (Å²) in [6.07, 6.45) is 2.08. The number of hydrogen-bond acceptors (Lipinski definition) is 1. The van der Waals surface area contributed by atoms with Crippen LogP contribution in [0.3, 0.4) is 0 Å². The maximum Gasteiger partial charge on any atom is 0.232 e. The first-order valence-electron chi connectivity index (χ1n) is 3.60. The molecule has 0 saturated carbocycles. The predicted octanol–water partition coefficient (Wildman–Crippen LogP) is 0.286. The minimum Gasteiger partial charge on any atom is -0.277 e. The van der Waals surface area contributed by atoms with Crippen molar-refractivity contribution in [1.29, 1.82) is 0 Å². The molecule has 9 heavy (non-hydrogen) atoms. The molecule has 1 rings (SSSR count). The fourth-order valence-electron chi connectivity index (χ4n) is 1.08. The summed E-state index contributed by atoms with van der Waals surface area (Å²) < 4.78 is 2.32. The first-order chi connectivity index (χ1) is 4.29. The minimum absolute atomic E-state index is 0.779. The normalized spacial score (nSPS) is 17.9. The van der Waals surface area contributed by atoms with Crippen molar-refractivity contribution in [2.24, 2.45) is 5.92 Å². The molecule has 0 saturated heterocycles. The van der Waals surface area contributed by atoms with Gasteiger partial charge in [0.05, 0.1) is 6.54 Å². The van der Waals surface area contributed by atoms with Crippen molar-refractivity contribution < 1.29 is 4.58 Å². The van der Waals surface area contributed by atoms with Crippen LogP contribution in [0.1, 0.15) is 13.8 Å². The van der Waals surface area contributed by atoms with Gasteiger partial charge in [0.25, 0.3) is 0 Å². The third-order valence-corrected chi connectivity index (χ3v) is 1.42. The van der Waals surface area contributed by atoms with Crippen LogP contribution in [-0.2, 0) is 0 Å². The molecule has 0 aliphatic carbocycles. The summed E-state index contributed by atoms with van der Waals surface area (Å²) in [5.41, 5.74) is 0. The third-order valence-electron chi connectivity index (χ3n) is 1.42. The van der Waals surface area contributed by atoms with E-state index in [0.29, 0.717) is 0 Å². The third kappa shape index (κ3) is 2.04. The summed E-state index contributed by atoms with van der Waals surface area (Å²) in [5.74, 6) is 0.779. The molecule has 0 radical (unpaired) electrons. The number of hydrogen-bond donors (Lipinski definition) is 1. The Labute approximate surface area is 56.6 Å². The van der Waals surface area contributed by atoms with Gasteiger partial charge >= 0.3 is 0 Å². The monoisotopic (exact) mass is 127 g/mol. The predicted molar refractivity (Wildman–Crippen MR) is 38.9 cm³/mol. The maximum absolute atomic E-state index is 3.18. The van der Waals surface area contributed by atoms with Gasteiger partial charge in [0.2, 0.25) is 6.34 Å². The molecule has 0 aromatic carbocycles. The molecule has 0 aromatic heterocycles. The molecule has 1 N–H and O–H groups in total. The molecule has 0 bridgehead atoms. The molecule has 0 atom stereocenters. The SMILES string of the molecule is CC(C)C[N+]1=CNCC1. The molecule has 0 amide bonds. The Balaban J connectivity index is 2.26. The Morgan fingerprint density at radius 2 is 2.44 bits per heavy atom. The van der Waals surface area contributed by atoms with Crippen molar-refractivity contribution in [2.45, 2.75) is 13.8 Å². The molecular formula is C7H15N2+. The highest BCUT2D eigenvalue weighted by atomic mass is 15.1. The zero-order valence-corrected chi connectivity index (χ0v) is 6.22. The van der Waals surface area contributed by atoms with Gasteiger partial charge in [-0.2, -0.15) is 0 Å². The Hall–Kier alpha value is -0.530. The minimum atomic E-state index is 0.779. The molecule has 0 aromatic rings. The second-order valence-electron chi connectivity index (χ2n) is 2.97. The van der Waals surface area contributed by atoms with Crippen molar-refractivity contribution in [3.8, 4) is 0 Å². The van der Waals surface area contributed by atoms with E-state index in [1.807, 2.05) is 0 Å². The molecule has 52 valence electrons. The lowest BCUT2D eigenvalue weighted by Gasteiger charge is -2.01. The van der Waals surface area contributed by atoms with E-state index in [9.17, 15) is 0 Å². The van der Waals surface area contributed by atoms with E-state index in [1.54, 1.807) is 0 Å². The first-order valence-corrected chi connectivity index (χ1v) is 3.60. The van der Waals surface area contributed by atoms with Crippen LogP contribution in [0.2, 0.25) is 0 Å². The van der Waals surface area contributed by atoms with Gasteiger partial charge in [-0.25, -0.2) is 0 Å². The topological polar surface area (TPSA) is 15.0 Å². The van der Waals surface area contributed by atoms with E-state index in [-0.39, 0.29) is 0 Å². The average Bonchev–Trinajstić information content (AvgIpc) is 2.15. The van der Waals surface area contributed by atoms with Crippen LogP contribution in [-0.4, -0.2) is 30.5 Å². The zero-order valence-electron chi connectivity index (χ0n) is 6.22. The molecule has 0 spiro atoms. The van der Waals surface area contributed by atoms with Gasteiger partial charge in [0.1, 0.15) is 13.1 Å². The Bertz CT molecular complexity index is 116. The highest BCUT2D eigenvalue weighted by molar-refractivity contribution is 5.49. The first kappa shape index (κ1) is 6.59. The van der Waals surface area contributed by atoms with Gasteiger partial charge in [0.15, 0.2) is 0 Å². The Kier molecular flexibility index (Phi) is 2.09. The smallest absolute Gasteiger partial charge is 0.232 e. The number of nitrogens with one attached hydrogen (secondary N) is 1. The summed E-state index contributed by atoms with van der Waals surface area (Å²) in [4.78, 5) is 0. The summed E-state index contributed by atoms with van der Waals surface area (Å²) in [6, 6.07) is 0. The lowest BCUT2D eigenvalue weighted by molar-refractivity contribution is -0.519. The molecule has 1 aliphatic heterocycles. The van der Waals surface area contributed by atoms with Gasteiger partial charge in [-0.3, -0.25) is 9.89 Å². The van der Waals surface area contributed by atoms with Crippen LogP contribution in [0, 0.1) is 5.92 Å². The van der Waals surface area contributed by atoms with Crippen LogP contribution in [0.4, 0.5) is 0 Å². The molecule has 0 fully saturated rings. The van der Waals surface area contributed by atoms with E-state index in [1.165, 1.54) is 13.1 Å².